The van der Waals surface area contributed by atoms with Crippen molar-refractivity contribution < 1.29 is 159 Å². The first-order valence-corrected chi connectivity index (χ1v) is 17.1. The molecule has 0 saturated heterocycles. The van der Waals surface area contributed by atoms with Crippen LogP contribution in [0.15, 0.2) is 0 Å². The molecule has 0 bridgehead atoms. The van der Waals surface area contributed by atoms with Gasteiger partial charge in [-0.2, -0.15) is 0 Å². The third-order valence-electron chi connectivity index (χ3n) is 7.16. The van der Waals surface area contributed by atoms with Crippen molar-refractivity contribution >= 4 is 71.6 Å². The molecule has 0 saturated carbocycles. The summed E-state index contributed by atoms with van der Waals surface area (Å²) in [6.45, 7) is -5.78. The molecule has 0 aliphatic carbocycles. The van der Waals surface area contributed by atoms with Gasteiger partial charge in [0.05, 0.1) is 52.0 Å². The summed E-state index contributed by atoms with van der Waals surface area (Å²) in [7, 11) is 0. The number of carbonyl (C=O) groups excluding carboxylic acids is 4. The van der Waals surface area contributed by atoms with E-state index in [1.807, 2.05) is 0 Å². The van der Waals surface area contributed by atoms with Crippen LogP contribution < -0.4 is 0 Å². The molecule has 372 valence electrons. The standard InChI is InChI=1S/C21H32N2O19.C6H8O7.C4H6O6/c24-8-10(26)16(35)17(36)18(37)19(38)21(40)42-15(34)7-23(2-1-22(4-12(29)30)5-13(31)32)6-14(33)41-20(39)9(25)3-11(27)28;7-3(8)1-6(13,5(11)12)2-4(9)10;5-1(3(7)8)2(6)4(9)10/h9-10,16-19,24-26,35-38H,1-8H2,(H,27,28)(H,29,30)(H,31,32);13H,1-2H2,(H,7,8)(H,9,10)(H,11,12);1-2,5-6H,(H,7,8)(H,9,10)/t9?,10-,16+,17-,18-,19-;;/m1../s1. The lowest BCUT2D eigenvalue weighted by molar-refractivity contribution is -0.180. The minimum Gasteiger partial charge on any atom is -0.481 e. The van der Waals surface area contributed by atoms with E-state index in [0.717, 1.165) is 9.80 Å². The zero-order valence-corrected chi connectivity index (χ0v) is 32.8. The number of hydrogen-bond donors (Lipinski definition) is 18. The lowest BCUT2D eigenvalue weighted by atomic mass is 9.96. The van der Waals surface area contributed by atoms with Crippen LogP contribution in [-0.4, -0.2) is 274 Å². The summed E-state index contributed by atoms with van der Waals surface area (Å²) in [6.07, 6.45) is -22.1. The minimum absolute atomic E-state index is 0.457. The van der Waals surface area contributed by atoms with Gasteiger partial charge >= 0.3 is 71.6 Å². The molecule has 0 fully saturated rings. The Morgan fingerprint density at radius 1 is 0.462 bits per heavy atom. The smallest absolute Gasteiger partial charge is 0.345 e. The number of carbonyl (C=O) groups is 12. The summed E-state index contributed by atoms with van der Waals surface area (Å²) in [5.41, 5.74) is -2.74. The molecule has 0 aromatic heterocycles. The summed E-state index contributed by atoms with van der Waals surface area (Å²) >= 11 is 0. The second kappa shape index (κ2) is 30.6. The van der Waals surface area contributed by atoms with Gasteiger partial charge in [-0.15, -0.1) is 0 Å². The monoisotopic (exact) mass is 958 g/mol. The predicted octanol–water partition coefficient (Wildman–Crippen LogP) is -10.8. The second-order valence-electron chi connectivity index (χ2n) is 12.6. The number of carboxylic acids is 8. The molecule has 65 heavy (non-hydrogen) atoms. The quantitative estimate of drug-likeness (QED) is 0.0256. The maximum absolute atomic E-state index is 12.3. The SMILES string of the molecule is O=C(O)C(O)C(O)C(=O)O.O=C(O)CC(O)(CC(=O)O)C(=O)O.O=C(O)CC(O)C(=O)OC(=O)CN(CCN(CC(=O)O)CC(=O)O)CC(=O)OC(=O)[C@H](O)[C@H](O)[C@H](O)[C@@H](O)[C@H](O)CO. The third-order valence-corrected chi connectivity index (χ3v) is 7.16. The van der Waals surface area contributed by atoms with Crippen LogP contribution in [0.25, 0.3) is 0 Å². The highest BCUT2D eigenvalue weighted by molar-refractivity contribution is 5.92. The summed E-state index contributed by atoms with van der Waals surface area (Å²) in [4.78, 5) is 132. The van der Waals surface area contributed by atoms with Crippen LogP contribution in [-0.2, 0) is 67.0 Å². The number of esters is 4. The molecule has 34 heteroatoms. The van der Waals surface area contributed by atoms with Crippen molar-refractivity contribution in [3.63, 3.8) is 0 Å². The number of carboxylic acid groups (broad SMARTS) is 8. The van der Waals surface area contributed by atoms with Gasteiger partial charge in [0, 0.05) is 13.1 Å². The molecular formula is C31H46N2O32. The molecule has 3 unspecified atom stereocenters. The van der Waals surface area contributed by atoms with Gasteiger partial charge in [0.25, 0.3) is 0 Å². The van der Waals surface area contributed by atoms with E-state index in [4.69, 9.17) is 61.3 Å². The normalized spacial score (nSPS) is 14.7. The molecule has 18 N–H and O–H groups in total. The molecule has 0 rings (SSSR count). The van der Waals surface area contributed by atoms with E-state index in [0.29, 0.717) is 0 Å². The lowest BCUT2D eigenvalue weighted by Gasteiger charge is -2.27. The highest BCUT2D eigenvalue weighted by Crippen LogP contribution is 2.16. The fourth-order valence-electron chi connectivity index (χ4n) is 3.97. The van der Waals surface area contributed by atoms with E-state index in [1.165, 1.54) is 0 Å². The molecule has 8 atom stereocenters. The average Bonchev–Trinajstić information content (AvgIpc) is 3.16. The Labute approximate surface area is 360 Å². The number of aliphatic carboxylic acids is 8. The van der Waals surface area contributed by atoms with Crippen molar-refractivity contribution in [1.82, 2.24) is 9.80 Å². The molecule has 0 aliphatic rings. The number of rotatable bonds is 28. The van der Waals surface area contributed by atoms with Crippen molar-refractivity contribution in [2.45, 2.75) is 73.7 Å². The Bertz CT molecular complexity index is 1630. The van der Waals surface area contributed by atoms with E-state index >= 15 is 0 Å². The Hall–Kier alpha value is -6.44. The van der Waals surface area contributed by atoms with E-state index in [-0.39, 0.29) is 0 Å². The molecule has 0 aliphatic heterocycles. The number of ether oxygens (including phenoxy) is 2. The number of aliphatic hydroxyl groups is 10. The van der Waals surface area contributed by atoms with Gasteiger partial charge in [-0.1, -0.05) is 0 Å². The molecule has 0 aromatic carbocycles. The molecule has 0 amide bonds. The zero-order chi connectivity index (χ0) is 51.7. The Kier molecular flexibility index (Phi) is 29.6. The Morgan fingerprint density at radius 3 is 1.14 bits per heavy atom. The number of nitrogens with zero attached hydrogens (tertiary/aromatic N) is 2. The van der Waals surface area contributed by atoms with Crippen LogP contribution >= 0.6 is 0 Å². The molecular weight excluding hydrogens is 912 g/mol. The van der Waals surface area contributed by atoms with Crippen molar-refractivity contribution in [3.8, 4) is 0 Å². The van der Waals surface area contributed by atoms with Crippen LogP contribution in [0.4, 0.5) is 0 Å². The van der Waals surface area contributed by atoms with E-state index in [1.54, 1.807) is 0 Å². The molecule has 34 nitrogen and oxygen atoms in total. The highest BCUT2D eigenvalue weighted by Gasteiger charge is 2.41. The van der Waals surface area contributed by atoms with Gasteiger partial charge in [-0.3, -0.25) is 43.4 Å². The van der Waals surface area contributed by atoms with Gasteiger partial charge < -0.3 is 101 Å². The van der Waals surface area contributed by atoms with Gasteiger partial charge in [-0.25, -0.2) is 24.0 Å². The Morgan fingerprint density at radius 2 is 0.831 bits per heavy atom. The first-order valence-electron chi connectivity index (χ1n) is 17.1. The van der Waals surface area contributed by atoms with Crippen LogP contribution in [0, 0.1) is 0 Å². The molecule has 0 heterocycles. The zero-order valence-electron chi connectivity index (χ0n) is 32.8. The molecule has 0 spiro atoms. The van der Waals surface area contributed by atoms with Gasteiger partial charge in [-0.05, 0) is 0 Å². The highest BCUT2D eigenvalue weighted by atomic mass is 16.6. The summed E-state index contributed by atoms with van der Waals surface area (Å²) in [5.74, 6) is -19.7. The Balaban J connectivity index is -0.00000135. The van der Waals surface area contributed by atoms with Crippen molar-refractivity contribution in [1.29, 1.82) is 0 Å². The van der Waals surface area contributed by atoms with E-state index in [2.05, 4.69) is 9.47 Å². The largest absolute Gasteiger partial charge is 0.481 e. The van der Waals surface area contributed by atoms with E-state index in [9.17, 15) is 88.2 Å². The van der Waals surface area contributed by atoms with Crippen molar-refractivity contribution in [3.05, 3.63) is 0 Å². The van der Waals surface area contributed by atoms with Crippen LogP contribution in [0.1, 0.15) is 19.3 Å². The number of aliphatic hydroxyl groups excluding tert-OH is 9. The maximum atomic E-state index is 12.3. The van der Waals surface area contributed by atoms with Crippen LogP contribution in [0.5, 0.6) is 0 Å². The first-order chi connectivity index (χ1) is 29.6. The van der Waals surface area contributed by atoms with Gasteiger partial charge in [0.15, 0.2) is 30.0 Å². The minimum atomic E-state index is -2.74. The molecule has 0 radical (unpaired) electrons. The van der Waals surface area contributed by atoms with Crippen LogP contribution in [0.3, 0.4) is 0 Å². The average molecular weight is 959 g/mol. The fourth-order valence-corrected chi connectivity index (χ4v) is 3.97. The summed E-state index contributed by atoms with van der Waals surface area (Å²) in [5, 5.41) is 159. The summed E-state index contributed by atoms with van der Waals surface area (Å²) in [6, 6.07) is 0. The summed E-state index contributed by atoms with van der Waals surface area (Å²) < 4.78 is 8.57. The van der Waals surface area contributed by atoms with Crippen molar-refractivity contribution in [2.24, 2.45) is 0 Å². The molecule has 0 aromatic rings. The van der Waals surface area contributed by atoms with Gasteiger partial charge in [0.2, 0.25) is 0 Å². The second-order valence-corrected chi connectivity index (χ2v) is 12.6. The fraction of sp³-hybridized carbons (Fsp3) is 0.613. The van der Waals surface area contributed by atoms with E-state index < -0.39 is 191 Å². The van der Waals surface area contributed by atoms with Crippen LogP contribution in [0.2, 0.25) is 0 Å². The predicted molar refractivity (Wildman–Crippen MR) is 190 cm³/mol. The lowest BCUT2D eigenvalue weighted by Crippen LogP contribution is -2.52. The van der Waals surface area contributed by atoms with Gasteiger partial charge in [0.1, 0.15) is 24.4 Å². The topological polar surface area (TPSA) is 594 Å². The third kappa shape index (κ3) is 27.4. The van der Waals surface area contributed by atoms with Crippen molar-refractivity contribution in [2.75, 3.05) is 45.9 Å². The number of hydrogen-bond acceptors (Lipinski definition) is 26. The maximum Gasteiger partial charge on any atom is 0.345 e. The first kappa shape index (κ1) is 62.9.